The van der Waals surface area contributed by atoms with E-state index in [9.17, 15) is 0 Å². The second-order valence-electron chi connectivity index (χ2n) is 6.04. The zero-order valence-corrected chi connectivity index (χ0v) is 12.4. The fourth-order valence-electron chi connectivity index (χ4n) is 2.80. The number of hydrogen-bond acceptors (Lipinski definition) is 4. The maximum Gasteiger partial charge on any atom is 0.0501 e. The molecule has 4 heteroatoms. The van der Waals surface area contributed by atoms with Crippen LogP contribution in [0, 0.1) is 0 Å². The average Bonchev–Trinajstić information content (AvgIpc) is 2.32. The minimum absolute atomic E-state index is 0.406. The summed E-state index contributed by atoms with van der Waals surface area (Å²) < 4.78 is 0. The maximum atomic E-state index is 5.65. The van der Waals surface area contributed by atoms with Crippen molar-refractivity contribution in [1.29, 1.82) is 0 Å². The Bertz CT molecular complexity index is 395. The van der Waals surface area contributed by atoms with Crippen molar-refractivity contribution in [2.45, 2.75) is 31.2 Å². The Balaban J connectivity index is 1.81. The van der Waals surface area contributed by atoms with Gasteiger partial charge in [0.15, 0.2) is 0 Å². The van der Waals surface area contributed by atoms with Crippen molar-refractivity contribution in [2.75, 3.05) is 40.0 Å². The molecular weight excluding hydrogens is 236 g/mol. The molecule has 0 spiro atoms. The quantitative estimate of drug-likeness (QED) is 0.846. The lowest BCUT2D eigenvalue weighted by molar-refractivity contribution is 0.0281. The van der Waals surface area contributed by atoms with E-state index >= 15 is 0 Å². The summed E-state index contributed by atoms with van der Waals surface area (Å²) in [5.74, 6) is 0. The largest absolute Gasteiger partial charge is 0.397 e. The molecule has 0 radical (unpaired) electrons. The summed E-state index contributed by atoms with van der Waals surface area (Å²) >= 11 is 0. The summed E-state index contributed by atoms with van der Waals surface area (Å²) in [7, 11) is 6.62. The van der Waals surface area contributed by atoms with Gasteiger partial charge in [0, 0.05) is 30.7 Å². The monoisotopic (exact) mass is 262 g/mol. The fourth-order valence-corrected chi connectivity index (χ4v) is 2.80. The Morgan fingerprint density at radius 3 is 2.47 bits per heavy atom. The van der Waals surface area contributed by atoms with Gasteiger partial charge >= 0.3 is 0 Å². The summed E-state index contributed by atoms with van der Waals surface area (Å²) in [6.45, 7) is 2.20. The van der Waals surface area contributed by atoms with E-state index in [0.29, 0.717) is 5.54 Å². The van der Waals surface area contributed by atoms with E-state index < -0.39 is 0 Å². The Kier molecular flexibility index (Phi) is 4.42. The smallest absolute Gasteiger partial charge is 0.0501 e. The van der Waals surface area contributed by atoms with Gasteiger partial charge in [-0.15, -0.1) is 0 Å². The van der Waals surface area contributed by atoms with Crippen LogP contribution >= 0.6 is 0 Å². The molecule has 0 amide bonds. The molecule has 0 saturated heterocycles. The summed E-state index contributed by atoms with van der Waals surface area (Å²) in [4.78, 5) is 9.18. The fraction of sp³-hybridized carbons (Fsp3) is 0.667. The Labute approximate surface area is 116 Å². The van der Waals surface area contributed by atoms with Gasteiger partial charge in [-0.3, -0.25) is 4.98 Å². The third kappa shape index (κ3) is 3.45. The SMILES string of the molecule is CN(CCc1ccc(N)cn1)CC1(N(C)C)CCC1. The number of rotatable bonds is 6. The van der Waals surface area contributed by atoms with Crippen LogP contribution < -0.4 is 5.73 Å². The molecule has 106 valence electrons. The van der Waals surface area contributed by atoms with Crippen molar-refractivity contribution in [3.05, 3.63) is 24.0 Å². The predicted octanol–water partition coefficient (Wildman–Crippen LogP) is 1.62. The number of aromatic nitrogens is 1. The Hall–Kier alpha value is -1.13. The average molecular weight is 262 g/mol. The highest BCUT2D eigenvalue weighted by atomic mass is 15.2. The molecule has 1 fully saturated rings. The lowest BCUT2D eigenvalue weighted by atomic mass is 9.75. The maximum absolute atomic E-state index is 5.65. The summed E-state index contributed by atoms with van der Waals surface area (Å²) in [6.07, 6.45) is 6.74. The van der Waals surface area contributed by atoms with Crippen LogP contribution in [0.5, 0.6) is 0 Å². The van der Waals surface area contributed by atoms with Crippen molar-refractivity contribution in [1.82, 2.24) is 14.8 Å². The molecule has 19 heavy (non-hydrogen) atoms. The van der Waals surface area contributed by atoms with Crippen LogP contribution in [-0.2, 0) is 6.42 Å². The molecule has 1 aromatic heterocycles. The van der Waals surface area contributed by atoms with E-state index in [4.69, 9.17) is 5.73 Å². The molecule has 2 rings (SSSR count). The van der Waals surface area contributed by atoms with E-state index in [1.54, 1.807) is 6.20 Å². The number of nitrogen functional groups attached to an aromatic ring is 1. The van der Waals surface area contributed by atoms with Gasteiger partial charge in [0.05, 0.1) is 11.9 Å². The van der Waals surface area contributed by atoms with Crippen LogP contribution in [0.15, 0.2) is 18.3 Å². The number of nitrogens with zero attached hydrogens (tertiary/aromatic N) is 3. The molecule has 1 aliphatic carbocycles. The molecular formula is C15H26N4. The second-order valence-corrected chi connectivity index (χ2v) is 6.04. The number of pyridine rings is 1. The van der Waals surface area contributed by atoms with Crippen LogP contribution in [0.3, 0.4) is 0 Å². The zero-order valence-electron chi connectivity index (χ0n) is 12.4. The van der Waals surface area contributed by atoms with Crippen LogP contribution in [-0.4, -0.2) is 54.6 Å². The first-order chi connectivity index (χ1) is 9.02. The first-order valence-electron chi connectivity index (χ1n) is 7.08. The summed E-state index contributed by atoms with van der Waals surface area (Å²) in [5, 5.41) is 0. The molecule has 0 unspecified atom stereocenters. The minimum atomic E-state index is 0.406. The van der Waals surface area contributed by atoms with E-state index in [1.807, 2.05) is 12.1 Å². The van der Waals surface area contributed by atoms with Crippen molar-refractivity contribution in [2.24, 2.45) is 0 Å². The van der Waals surface area contributed by atoms with E-state index in [0.717, 1.165) is 30.9 Å². The molecule has 1 aliphatic rings. The van der Waals surface area contributed by atoms with Crippen molar-refractivity contribution in [3.63, 3.8) is 0 Å². The van der Waals surface area contributed by atoms with Crippen LogP contribution in [0.1, 0.15) is 25.0 Å². The molecule has 0 bridgehead atoms. The molecule has 1 aromatic rings. The first-order valence-corrected chi connectivity index (χ1v) is 7.08. The Morgan fingerprint density at radius 1 is 1.26 bits per heavy atom. The molecule has 4 nitrogen and oxygen atoms in total. The summed E-state index contributed by atoms with van der Waals surface area (Å²) in [6, 6.07) is 3.95. The van der Waals surface area contributed by atoms with Crippen LogP contribution in [0.25, 0.3) is 0 Å². The van der Waals surface area contributed by atoms with Gasteiger partial charge in [0.25, 0.3) is 0 Å². The van der Waals surface area contributed by atoms with Gasteiger partial charge in [0.2, 0.25) is 0 Å². The molecule has 1 saturated carbocycles. The highest BCUT2D eigenvalue weighted by Crippen LogP contribution is 2.36. The van der Waals surface area contributed by atoms with Crippen molar-refractivity contribution in [3.8, 4) is 0 Å². The van der Waals surface area contributed by atoms with E-state index in [2.05, 4.69) is 35.9 Å². The molecule has 2 N–H and O–H groups in total. The van der Waals surface area contributed by atoms with Crippen molar-refractivity contribution < 1.29 is 0 Å². The molecule has 0 aromatic carbocycles. The van der Waals surface area contributed by atoms with Crippen LogP contribution in [0.2, 0.25) is 0 Å². The molecule has 1 heterocycles. The second kappa shape index (κ2) is 5.88. The predicted molar refractivity (Wildman–Crippen MR) is 80.1 cm³/mol. The highest BCUT2D eigenvalue weighted by Gasteiger charge is 2.39. The van der Waals surface area contributed by atoms with Gasteiger partial charge < -0.3 is 15.5 Å². The number of likely N-dealkylation sites (N-methyl/N-ethyl adjacent to an activating group) is 2. The van der Waals surface area contributed by atoms with Crippen LogP contribution in [0.4, 0.5) is 5.69 Å². The number of anilines is 1. The highest BCUT2D eigenvalue weighted by molar-refractivity contribution is 5.34. The van der Waals surface area contributed by atoms with E-state index in [1.165, 1.54) is 19.3 Å². The van der Waals surface area contributed by atoms with Gasteiger partial charge in [-0.25, -0.2) is 0 Å². The van der Waals surface area contributed by atoms with Gasteiger partial charge in [-0.1, -0.05) is 0 Å². The standard InChI is InChI=1S/C15H26N4/c1-18(2)15(8-4-9-15)12-19(3)10-7-14-6-5-13(16)11-17-14/h5-6,11H,4,7-10,12,16H2,1-3H3. The lowest BCUT2D eigenvalue weighted by Gasteiger charge is -2.49. The van der Waals surface area contributed by atoms with Gasteiger partial charge in [-0.05, 0) is 52.5 Å². The lowest BCUT2D eigenvalue weighted by Crippen LogP contribution is -2.56. The van der Waals surface area contributed by atoms with Gasteiger partial charge in [0.1, 0.15) is 0 Å². The Morgan fingerprint density at radius 2 is 2.00 bits per heavy atom. The molecule has 0 atom stereocenters. The number of hydrogen-bond donors (Lipinski definition) is 1. The third-order valence-corrected chi connectivity index (χ3v) is 4.39. The topological polar surface area (TPSA) is 45.4 Å². The number of nitrogens with two attached hydrogens (primary N) is 1. The van der Waals surface area contributed by atoms with E-state index in [-0.39, 0.29) is 0 Å². The minimum Gasteiger partial charge on any atom is -0.397 e. The third-order valence-electron chi connectivity index (χ3n) is 4.39. The molecule has 0 aliphatic heterocycles. The summed E-state index contributed by atoms with van der Waals surface area (Å²) in [5.41, 5.74) is 7.91. The van der Waals surface area contributed by atoms with Crippen molar-refractivity contribution >= 4 is 5.69 Å². The zero-order chi connectivity index (χ0) is 13.9. The van der Waals surface area contributed by atoms with Gasteiger partial charge in [-0.2, -0.15) is 0 Å². The first kappa shape index (κ1) is 14.3. The normalized spacial score (nSPS) is 17.7.